The van der Waals surface area contributed by atoms with Gasteiger partial charge in [0.2, 0.25) is 0 Å². The summed E-state index contributed by atoms with van der Waals surface area (Å²) >= 11 is 11.5. The fourth-order valence-corrected chi connectivity index (χ4v) is 2.23. The highest BCUT2D eigenvalue weighted by atomic mass is 35.5. The fourth-order valence-electron chi connectivity index (χ4n) is 1.65. The van der Waals surface area contributed by atoms with Crippen molar-refractivity contribution in [1.29, 1.82) is 0 Å². The number of nitrogens with zero attached hydrogens (tertiary/aromatic N) is 1. The average molecular weight is 312 g/mol. The molecule has 2 aromatic rings. The molecule has 1 aromatic heterocycles. The van der Waals surface area contributed by atoms with Crippen LogP contribution in [0.25, 0.3) is 0 Å². The van der Waals surface area contributed by atoms with E-state index in [4.69, 9.17) is 23.2 Å². The minimum absolute atomic E-state index is 0.0142. The molecule has 0 unspecified atom stereocenters. The zero-order valence-corrected chi connectivity index (χ0v) is 11.6. The van der Waals surface area contributed by atoms with E-state index < -0.39 is 23.8 Å². The molecular weight excluding hydrogens is 304 g/mol. The molecular formula is C14H8Cl2FNO2. The van der Waals surface area contributed by atoms with E-state index in [1.807, 2.05) is 0 Å². The maximum absolute atomic E-state index is 13.3. The first-order valence-corrected chi connectivity index (χ1v) is 6.36. The molecule has 3 nitrogen and oxygen atoms in total. The number of aromatic nitrogens is 1. The monoisotopic (exact) mass is 311 g/mol. The van der Waals surface area contributed by atoms with Crippen LogP contribution in [0.3, 0.4) is 0 Å². The molecule has 0 atom stereocenters. The second-order valence-corrected chi connectivity index (χ2v) is 4.77. The minimum Gasteiger partial charge on any atom is -0.294 e. The van der Waals surface area contributed by atoms with E-state index >= 15 is 0 Å². The van der Waals surface area contributed by atoms with Crippen LogP contribution in [0.2, 0.25) is 10.0 Å². The number of hydrogen-bond donors (Lipinski definition) is 0. The number of benzene rings is 1. The number of rotatable bonds is 4. The van der Waals surface area contributed by atoms with Gasteiger partial charge >= 0.3 is 0 Å². The highest BCUT2D eigenvalue weighted by Gasteiger charge is 2.21. The summed E-state index contributed by atoms with van der Waals surface area (Å²) in [5.74, 6) is -1.82. The van der Waals surface area contributed by atoms with Gasteiger partial charge in [-0.05, 0) is 24.3 Å². The van der Waals surface area contributed by atoms with E-state index in [9.17, 15) is 14.0 Å². The van der Waals surface area contributed by atoms with Gasteiger partial charge in [0, 0.05) is 18.0 Å². The zero-order chi connectivity index (χ0) is 14.7. The first kappa shape index (κ1) is 14.6. The van der Waals surface area contributed by atoms with Gasteiger partial charge in [-0.3, -0.25) is 14.6 Å². The average Bonchev–Trinajstić information content (AvgIpc) is 2.44. The van der Waals surface area contributed by atoms with Gasteiger partial charge < -0.3 is 0 Å². The molecule has 2 rings (SSSR count). The Morgan fingerprint density at radius 1 is 1.15 bits per heavy atom. The molecule has 0 N–H and O–H groups in total. The third kappa shape index (κ3) is 3.03. The van der Waals surface area contributed by atoms with Crippen molar-refractivity contribution < 1.29 is 14.0 Å². The first-order valence-electron chi connectivity index (χ1n) is 5.60. The summed E-state index contributed by atoms with van der Waals surface area (Å²) in [6.07, 6.45) is 2.41. The number of Topliss-reactive ketones (excluding diaryl/α,β-unsaturated/α-hetero) is 2. The molecule has 0 aliphatic carbocycles. The lowest BCUT2D eigenvalue weighted by molar-refractivity contribution is 0.0894. The largest absolute Gasteiger partial charge is 0.294 e. The van der Waals surface area contributed by atoms with Gasteiger partial charge in [0.15, 0.2) is 11.6 Å². The molecule has 0 spiro atoms. The molecule has 0 bridgehead atoms. The fraction of sp³-hybridized carbons (Fsp3) is 0.0714. The van der Waals surface area contributed by atoms with Gasteiger partial charge in [-0.25, -0.2) is 4.39 Å². The Balaban J connectivity index is 2.26. The van der Waals surface area contributed by atoms with Gasteiger partial charge in [0.1, 0.15) is 5.82 Å². The smallest absolute Gasteiger partial charge is 0.173 e. The number of pyridine rings is 1. The molecule has 1 heterocycles. The van der Waals surface area contributed by atoms with Crippen LogP contribution in [-0.4, -0.2) is 16.6 Å². The topological polar surface area (TPSA) is 47.0 Å². The Morgan fingerprint density at radius 3 is 2.55 bits per heavy atom. The van der Waals surface area contributed by atoms with Crippen LogP contribution in [0.15, 0.2) is 36.7 Å². The minimum atomic E-state index is -0.756. The van der Waals surface area contributed by atoms with Gasteiger partial charge in [-0.1, -0.05) is 23.2 Å². The highest BCUT2D eigenvalue weighted by molar-refractivity contribution is 6.40. The van der Waals surface area contributed by atoms with E-state index in [1.54, 1.807) is 6.07 Å². The van der Waals surface area contributed by atoms with E-state index in [1.165, 1.54) is 24.5 Å². The van der Waals surface area contributed by atoms with Crippen LogP contribution in [0.5, 0.6) is 0 Å². The van der Waals surface area contributed by atoms with Crippen molar-refractivity contribution in [2.45, 2.75) is 6.42 Å². The lowest BCUT2D eigenvalue weighted by Crippen LogP contribution is -2.10. The SMILES string of the molecule is O=C(CC(=O)c1c(Cl)ccc(F)c1Cl)c1cccnc1. The number of carbonyl (C=O) groups excluding carboxylic acids is 2. The maximum atomic E-state index is 13.3. The number of carbonyl (C=O) groups is 2. The third-order valence-electron chi connectivity index (χ3n) is 2.63. The van der Waals surface area contributed by atoms with Gasteiger partial charge in [-0.2, -0.15) is 0 Å². The van der Waals surface area contributed by atoms with Crippen molar-refractivity contribution in [3.05, 3.63) is 63.6 Å². The van der Waals surface area contributed by atoms with Crippen molar-refractivity contribution in [3.63, 3.8) is 0 Å². The van der Waals surface area contributed by atoms with Gasteiger partial charge in [0.25, 0.3) is 0 Å². The summed E-state index contributed by atoms with van der Waals surface area (Å²) in [4.78, 5) is 27.7. The number of ketones is 2. The molecule has 0 aliphatic rings. The van der Waals surface area contributed by atoms with Crippen LogP contribution in [0.4, 0.5) is 4.39 Å². The van der Waals surface area contributed by atoms with Gasteiger partial charge in [0.05, 0.1) is 22.0 Å². The number of halogens is 3. The van der Waals surface area contributed by atoms with E-state index in [-0.39, 0.29) is 15.6 Å². The van der Waals surface area contributed by atoms with Crippen LogP contribution in [-0.2, 0) is 0 Å². The summed E-state index contributed by atoms with van der Waals surface area (Å²) in [5.41, 5.74) is 0.120. The zero-order valence-electron chi connectivity index (χ0n) is 10.1. The molecule has 6 heteroatoms. The molecule has 0 saturated heterocycles. The van der Waals surface area contributed by atoms with Crippen molar-refractivity contribution in [3.8, 4) is 0 Å². The number of hydrogen-bond acceptors (Lipinski definition) is 3. The quantitative estimate of drug-likeness (QED) is 0.487. The molecule has 20 heavy (non-hydrogen) atoms. The molecule has 102 valence electrons. The third-order valence-corrected chi connectivity index (χ3v) is 3.31. The Labute approximate surface area is 124 Å². The predicted octanol–water partition coefficient (Wildman–Crippen LogP) is 3.98. The normalized spacial score (nSPS) is 10.3. The van der Waals surface area contributed by atoms with Crippen LogP contribution in [0, 0.1) is 5.82 Å². The van der Waals surface area contributed by atoms with Crippen LogP contribution in [0.1, 0.15) is 27.1 Å². The molecule has 0 saturated carbocycles. The summed E-state index contributed by atoms with van der Waals surface area (Å²) in [5, 5.41) is -0.359. The highest BCUT2D eigenvalue weighted by Crippen LogP contribution is 2.28. The molecule has 0 amide bonds. The van der Waals surface area contributed by atoms with Crippen molar-refractivity contribution in [2.24, 2.45) is 0 Å². The van der Waals surface area contributed by atoms with Crippen LogP contribution < -0.4 is 0 Å². The molecule has 0 fully saturated rings. The molecule has 0 aliphatic heterocycles. The second-order valence-electron chi connectivity index (χ2n) is 3.98. The van der Waals surface area contributed by atoms with E-state index in [0.29, 0.717) is 5.56 Å². The summed E-state index contributed by atoms with van der Waals surface area (Å²) < 4.78 is 13.3. The second kappa shape index (κ2) is 6.11. The van der Waals surface area contributed by atoms with Crippen molar-refractivity contribution >= 4 is 34.8 Å². The van der Waals surface area contributed by atoms with Gasteiger partial charge in [-0.15, -0.1) is 0 Å². The Morgan fingerprint density at radius 2 is 1.90 bits per heavy atom. The summed E-state index contributed by atoms with van der Waals surface area (Å²) in [7, 11) is 0. The lowest BCUT2D eigenvalue weighted by atomic mass is 10.0. The predicted molar refractivity (Wildman–Crippen MR) is 73.9 cm³/mol. The molecule has 0 radical (unpaired) electrons. The standard InChI is InChI=1S/C14H8Cl2FNO2/c15-9-3-4-10(17)14(16)13(9)12(20)6-11(19)8-2-1-5-18-7-8/h1-5,7H,6H2. The van der Waals surface area contributed by atoms with Crippen molar-refractivity contribution in [2.75, 3.05) is 0 Å². The lowest BCUT2D eigenvalue weighted by Gasteiger charge is -2.06. The molecule has 1 aromatic carbocycles. The van der Waals surface area contributed by atoms with E-state index in [2.05, 4.69) is 4.98 Å². The van der Waals surface area contributed by atoms with Crippen LogP contribution >= 0.6 is 23.2 Å². The van der Waals surface area contributed by atoms with Crippen molar-refractivity contribution in [1.82, 2.24) is 4.98 Å². The van der Waals surface area contributed by atoms with E-state index in [0.717, 1.165) is 6.07 Å². The summed E-state index contributed by atoms with van der Waals surface area (Å²) in [6, 6.07) is 5.41. The summed E-state index contributed by atoms with van der Waals surface area (Å²) in [6.45, 7) is 0. The maximum Gasteiger partial charge on any atom is 0.173 e. The Bertz CT molecular complexity index is 674. The first-order chi connectivity index (χ1) is 9.50. The Hall–Kier alpha value is -1.78. The Kier molecular flexibility index (Phi) is 4.47.